The summed E-state index contributed by atoms with van der Waals surface area (Å²) in [6.07, 6.45) is 4.91. The number of benzene rings is 1. The summed E-state index contributed by atoms with van der Waals surface area (Å²) in [5.41, 5.74) is 3.66. The Morgan fingerprint density at radius 1 is 1.25 bits per heavy atom. The van der Waals surface area contributed by atoms with Crippen LogP contribution in [0.4, 0.5) is 5.69 Å². The van der Waals surface area contributed by atoms with Crippen molar-refractivity contribution in [1.82, 2.24) is 19.6 Å². The number of aromatic nitrogens is 4. The van der Waals surface area contributed by atoms with Crippen molar-refractivity contribution in [1.29, 1.82) is 0 Å². The number of thiazole rings is 1. The molecule has 0 radical (unpaired) electrons. The number of aryl methyl sites for hydroxylation is 1. The number of fused-ring (bicyclic) bond motifs is 1. The molecular weight excluding hydrogens is 322 g/mol. The quantitative estimate of drug-likeness (QED) is 0.623. The molecule has 24 heavy (non-hydrogen) atoms. The summed E-state index contributed by atoms with van der Waals surface area (Å²) in [5.74, 6) is -0.235. The van der Waals surface area contributed by atoms with Crippen LogP contribution in [0.2, 0.25) is 0 Å². The molecule has 1 aromatic carbocycles. The lowest BCUT2D eigenvalue weighted by Crippen LogP contribution is -2.11. The highest BCUT2D eigenvalue weighted by Gasteiger charge is 2.13. The topological polar surface area (TPSA) is 72.2 Å². The molecule has 1 N–H and O–H groups in total. The summed E-state index contributed by atoms with van der Waals surface area (Å²) in [7, 11) is 0. The van der Waals surface area contributed by atoms with Crippen molar-refractivity contribution in [2.24, 2.45) is 0 Å². The molecule has 118 valence electrons. The van der Waals surface area contributed by atoms with Gasteiger partial charge in [0.05, 0.1) is 16.9 Å². The SMILES string of the molecule is Cc1nc(-c2ccc(NC(=O)c3cnn4cccnc34)cc2)cs1. The van der Waals surface area contributed by atoms with Crippen molar-refractivity contribution in [2.45, 2.75) is 6.92 Å². The third-order valence-electron chi connectivity index (χ3n) is 3.58. The molecule has 4 aromatic rings. The van der Waals surface area contributed by atoms with Gasteiger partial charge in [-0.25, -0.2) is 14.5 Å². The fourth-order valence-electron chi connectivity index (χ4n) is 2.41. The number of rotatable bonds is 3. The van der Waals surface area contributed by atoms with Crippen LogP contribution in [-0.4, -0.2) is 25.5 Å². The molecule has 0 atom stereocenters. The molecule has 3 aromatic heterocycles. The number of amides is 1. The van der Waals surface area contributed by atoms with E-state index in [4.69, 9.17) is 0 Å². The van der Waals surface area contributed by atoms with E-state index in [1.54, 1.807) is 34.3 Å². The van der Waals surface area contributed by atoms with Crippen LogP contribution in [0.5, 0.6) is 0 Å². The highest BCUT2D eigenvalue weighted by atomic mass is 32.1. The lowest BCUT2D eigenvalue weighted by Gasteiger charge is -2.05. The Morgan fingerprint density at radius 2 is 2.08 bits per heavy atom. The fraction of sp³-hybridized carbons (Fsp3) is 0.0588. The minimum Gasteiger partial charge on any atom is -0.322 e. The minimum absolute atomic E-state index is 0.235. The van der Waals surface area contributed by atoms with Gasteiger partial charge in [0, 0.05) is 29.0 Å². The maximum atomic E-state index is 12.4. The van der Waals surface area contributed by atoms with E-state index < -0.39 is 0 Å². The minimum atomic E-state index is -0.235. The molecule has 0 unspecified atom stereocenters. The summed E-state index contributed by atoms with van der Waals surface area (Å²) in [5, 5.41) is 10.0. The lowest BCUT2D eigenvalue weighted by molar-refractivity contribution is 0.102. The van der Waals surface area contributed by atoms with Gasteiger partial charge in [0.25, 0.3) is 5.91 Å². The van der Waals surface area contributed by atoms with E-state index in [1.165, 1.54) is 6.20 Å². The first-order chi connectivity index (χ1) is 11.7. The molecule has 7 heteroatoms. The molecule has 0 aliphatic carbocycles. The Hall–Kier alpha value is -3.06. The standard InChI is InChI=1S/C17H13N5OS/c1-11-20-15(10-24-11)12-3-5-13(6-4-12)21-17(23)14-9-19-22-8-2-7-18-16(14)22/h2-10H,1H3,(H,21,23). The highest BCUT2D eigenvalue weighted by molar-refractivity contribution is 7.09. The summed E-state index contributed by atoms with van der Waals surface area (Å²) in [6.45, 7) is 1.98. The molecule has 0 aliphatic rings. The largest absolute Gasteiger partial charge is 0.322 e. The molecule has 0 spiro atoms. The van der Waals surface area contributed by atoms with Crippen LogP contribution in [0.3, 0.4) is 0 Å². The van der Waals surface area contributed by atoms with E-state index in [-0.39, 0.29) is 5.91 Å². The van der Waals surface area contributed by atoms with Crippen LogP contribution in [0.25, 0.3) is 16.9 Å². The van der Waals surface area contributed by atoms with Gasteiger partial charge in [-0.15, -0.1) is 11.3 Å². The highest BCUT2D eigenvalue weighted by Crippen LogP contribution is 2.23. The molecule has 0 saturated carbocycles. The van der Waals surface area contributed by atoms with E-state index >= 15 is 0 Å². The second-order valence-corrected chi connectivity index (χ2v) is 6.29. The third kappa shape index (κ3) is 2.65. The first-order valence-electron chi connectivity index (χ1n) is 7.33. The van der Waals surface area contributed by atoms with Crippen LogP contribution in [0, 0.1) is 6.92 Å². The van der Waals surface area contributed by atoms with Crippen LogP contribution in [-0.2, 0) is 0 Å². The van der Waals surface area contributed by atoms with Crippen molar-refractivity contribution < 1.29 is 4.79 Å². The van der Waals surface area contributed by atoms with Gasteiger partial charge in [-0.1, -0.05) is 12.1 Å². The van der Waals surface area contributed by atoms with Gasteiger partial charge in [-0.2, -0.15) is 5.10 Å². The van der Waals surface area contributed by atoms with Crippen molar-refractivity contribution in [3.05, 3.63) is 64.9 Å². The number of nitrogens with one attached hydrogen (secondary N) is 1. The van der Waals surface area contributed by atoms with Crippen molar-refractivity contribution in [2.75, 3.05) is 5.32 Å². The number of carbonyl (C=O) groups is 1. The van der Waals surface area contributed by atoms with E-state index in [0.29, 0.717) is 16.9 Å². The van der Waals surface area contributed by atoms with E-state index in [9.17, 15) is 4.79 Å². The Balaban J connectivity index is 1.56. The smallest absolute Gasteiger partial charge is 0.261 e. The maximum absolute atomic E-state index is 12.4. The van der Waals surface area contributed by atoms with Gasteiger partial charge < -0.3 is 5.32 Å². The van der Waals surface area contributed by atoms with Crippen molar-refractivity contribution in [3.8, 4) is 11.3 Å². The summed E-state index contributed by atoms with van der Waals surface area (Å²) in [6, 6.07) is 9.37. The van der Waals surface area contributed by atoms with E-state index in [1.807, 2.05) is 36.6 Å². The summed E-state index contributed by atoms with van der Waals surface area (Å²) >= 11 is 1.62. The molecule has 3 heterocycles. The van der Waals surface area contributed by atoms with Crippen LogP contribution >= 0.6 is 11.3 Å². The normalized spacial score (nSPS) is 10.9. The average Bonchev–Trinajstić information content (AvgIpc) is 3.22. The van der Waals surface area contributed by atoms with Crippen molar-refractivity contribution >= 4 is 28.6 Å². The van der Waals surface area contributed by atoms with Gasteiger partial charge in [-0.3, -0.25) is 4.79 Å². The predicted molar refractivity (Wildman–Crippen MR) is 93.2 cm³/mol. The zero-order valence-electron chi connectivity index (χ0n) is 12.8. The number of hydrogen-bond donors (Lipinski definition) is 1. The Labute approximate surface area is 141 Å². The Morgan fingerprint density at radius 3 is 2.83 bits per heavy atom. The third-order valence-corrected chi connectivity index (χ3v) is 4.35. The number of anilines is 1. The van der Waals surface area contributed by atoms with Crippen LogP contribution in [0.15, 0.2) is 54.3 Å². The molecule has 0 aliphatic heterocycles. The van der Waals surface area contributed by atoms with Gasteiger partial charge in [0.1, 0.15) is 5.56 Å². The molecule has 6 nitrogen and oxygen atoms in total. The van der Waals surface area contributed by atoms with Crippen LogP contribution < -0.4 is 5.32 Å². The molecular formula is C17H13N5OS. The second kappa shape index (κ2) is 5.86. The lowest BCUT2D eigenvalue weighted by atomic mass is 10.1. The van der Waals surface area contributed by atoms with Crippen molar-refractivity contribution in [3.63, 3.8) is 0 Å². The van der Waals surface area contributed by atoms with Gasteiger partial charge >= 0.3 is 0 Å². The van der Waals surface area contributed by atoms with E-state index in [0.717, 1.165) is 16.3 Å². The Bertz CT molecular complexity index is 1020. The average molecular weight is 335 g/mol. The van der Waals surface area contributed by atoms with Gasteiger partial charge in [0.2, 0.25) is 0 Å². The predicted octanol–water partition coefficient (Wildman–Crippen LogP) is 3.41. The fourth-order valence-corrected chi connectivity index (χ4v) is 3.03. The van der Waals surface area contributed by atoms with Gasteiger partial charge in [0.15, 0.2) is 5.65 Å². The first-order valence-corrected chi connectivity index (χ1v) is 8.21. The molecule has 0 bridgehead atoms. The first kappa shape index (κ1) is 14.5. The monoisotopic (exact) mass is 335 g/mol. The molecule has 0 fully saturated rings. The maximum Gasteiger partial charge on any atom is 0.261 e. The summed E-state index contributed by atoms with van der Waals surface area (Å²) in [4.78, 5) is 21.1. The molecule has 4 rings (SSSR count). The Kier molecular flexibility index (Phi) is 3.55. The zero-order chi connectivity index (χ0) is 16.5. The zero-order valence-corrected chi connectivity index (χ0v) is 13.6. The summed E-state index contributed by atoms with van der Waals surface area (Å²) < 4.78 is 1.57. The number of carbonyl (C=O) groups excluding carboxylic acids is 1. The number of nitrogens with zero attached hydrogens (tertiary/aromatic N) is 4. The van der Waals surface area contributed by atoms with E-state index in [2.05, 4.69) is 20.4 Å². The molecule has 1 amide bonds. The van der Waals surface area contributed by atoms with Crippen LogP contribution in [0.1, 0.15) is 15.4 Å². The molecule has 0 saturated heterocycles. The van der Waals surface area contributed by atoms with Gasteiger partial charge in [-0.05, 0) is 25.1 Å². The second-order valence-electron chi connectivity index (χ2n) is 5.23. The number of hydrogen-bond acceptors (Lipinski definition) is 5.